The van der Waals surface area contributed by atoms with Crippen LogP contribution >= 0.6 is 15.9 Å². The summed E-state index contributed by atoms with van der Waals surface area (Å²) in [7, 11) is -3.76. The van der Waals surface area contributed by atoms with Gasteiger partial charge < -0.3 is 5.32 Å². The Bertz CT molecular complexity index is 804. The van der Waals surface area contributed by atoms with Gasteiger partial charge >= 0.3 is 0 Å². The van der Waals surface area contributed by atoms with Gasteiger partial charge in [-0.15, -0.1) is 0 Å². The lowest BCUT2D eigenvalue weighted by molar-refractivity contribution is -0.117. The molecule has 0 bridgehead atoms. The standard InChI is InChI=1S/C16H17BrN2O3S/c1-11-5-3-4-6-15(11)18-16(20)12(2)19-23(21,22)14-9-7-13(17)8-10-14/h3-10,12,19H,1-2H3,(H,18,20)/t12-/m1/s1. The molecule has 2 aromatic rings. The molecule has 0 unspecified atom stereocenters. The van der Waals surface area contributed by atoms with Crippen molar-refractivity contribution < 1.29 is 13.2 Å². The molecule has 0 fully saturated rings. The van der Waals surface area contributed by atoms with Crippen molar-refractivity contribution in [3.8, 4) is 0 Å². The monoisotopic (exact) mass is 396 g/mol. The Morgan fingerprint density at radius 3 is 2.30 bits per heavy atom. The first-order chi connectivity index (χ1) is 10.8. The number of carbonyl (C=O) groups excluding carboxylic acids is 1. The van der Waals surface area contributed by atoms with Crippen molar-refractivity contribution in [3.63, 3.8) is 0 Å². The van der Waals surface area contributed by atoms with E-state index in [9.17, 15) is 13.2 Å². The molecule has 5 nitrogen and oxygen atoms in total. The molecule has 2 rings (SSSR count). The largest absolute Gasteiger partial charge is 0.324 e. The van der Waals surface area contributed by atoms with Crippen LogP contribution in [-0.4, -0.2) is 20.4 Å². The van der Waals surface area contributed by atoms with Gasteiger partial charge in [-0.1, -0.05) is 34.1 Å². The highest BCUT2D eigenvalue weighted by Gasteiger charge is 2.22. The molecule has 0 aliphatic carbocycles. The normalized spacial score (nSPS) is 12.7. The van der Waals surface area contributed by atoms with E-state index in [1.165, 1.54) is 19.1 Å². The number of amides is 1. The number of halogens is 1. The number of anilines is 1. The number of hydrogen-bond acceptors (Lipinski definition) is 3. The Hall–Kier alpha value is -1.70. The van der Waals surface area contributed by atoms with Crippen LogP contribution in [0, 0.1) is 6.92 Å². The number of hydrogen-bond donors (Lipinski definition) is 2. The van der Waals surface area contributed by atoms with E-state index in [1.807, 2.05) is 19.1 Å². The zero-order chi connectivity index (χ0) is 17.0. The van der Waals surface area contributed by atoms with Crippen LogP contribution in [0.15, 0.2) is 57.9 Å². The first kappa shape index (κ1) is 17.7. The van der Waals surface area contributed by atoms with Gasteiger partial charge in [-0.3, -0.25) is 4.79 Å². The fourth-order valence-corrected chi connectivity index (χ4v) is 3.39. The van der Waals surface area contributed by atoms with Gasteiger partial charge in [0, 0.05) is 10.2 Å². The Kier molecular flexibility index (Phi) is 5.56. The second kappa shape index (κ2) is 7.25. The number of aryl methyl sites for hydroxylation is 1. The summed E-state index contributed by atoms with van der Waals surface area (Å²) >= 11 is 3.25. The van der Waals surface area contributed by atoms with Crippen LogP contribution in [0.25, 0.3) is 0 Å². The molecule has 0 aliphatic rings. The Balaban J connectivity index is 2.08. The van der Waals surface area contributed by atoms with E-state index in [0.29, 0.717) is 5.69 Å². The van der Waals surface area contributed by atoms with Crippen molar-refractivity contribution in [2.45, 2.75) is 24.8 Å². The van der Waals surface area contributed by atoms with E-state index >= 15 is 0 Å². The van der Waals surface area contributed by atoms with Crippen LogP contribution in [0.5, 0.6) is 0 Å². The molecule has 1 amide bonds. The minimum Gasteiger partial charge on any atom is -0.324 e. The molecular weight excluding hydrogens is 380 g/mol. The highest BCUT2D eigenvalue weighted by molar-refractivity contribution is 9.10. The van der Waals surface area contributed by atoms with Crippen LogP contribution < -0.4 is 10.0 Å². The predicted octanol–water partition coefficient (Wildman–Crippen LogP) is 3.06. The second-order valence-electron chi connectivity index (χ2n) is 5.10. The lowest BCUT2D eigenvalue weighted by atomic mass is 10.2. The molecule has 23 heavy (non-hydrogen) atoms. The molecule has 122 valence electrons. The summed E-state index contributed by atoms with van der Waals surface area (Å²) in [5.74, 6) is -0.417. The Morgan fingerprint density at radius 1 is 1.09 bits per heavy atom. The number of sulfonamides is 1. The van der Waals surface area contributed by atoms with Gasteiger partial charge in [0.15, 0.2) is 0 Å². The van der Waals surface area contributed by atoms with Gasteiger partial charge in [0.1, 0.15) is 0 Å². The Morgan fingerprint density at radius 2 is 1.70 bits per heavy atom. The third kappa shape index (κ3) is 4.63. The third-order valence-corrected chi connectivity index (χ3v) is 5.34. The van der Waals surface area contributed by atoms with Gasteiger partial charge in [-0.2, -0.15) is 4.72 Å². The summed E-state index contributed by atoms with van der Waals surface area (Å²) in [6, 6.07) is 12.6. The van der Waals surface area contributed by atoms with Gasteiger partial charge in [0.25, 0.3) is 0 Å². The molecule has 0 heterocycles. The summed E-state index contributed by atoms with van der Waals surface area (Å²) < 4.78 is 27.7. The first-order valence-electron chi connectivity index (χ1n) is 6.94. The van der Waals surface area contributed by atoms with Gasteiger partial charge in [0.2, 0.25) is 15.9 Å². The fraction of sp³-hybridized carbons (Fsp3) is 0.188. The van der Waals surface area contributed by atoms with Crippen molar-refractivity contribution in [1.29, 1.82) is 0 Å². The van der Waals surface area contributed by atoms with Crippen LogP contribution in [0.2, 0.25) is 0 Å². The first-order valence-corrected chi connectivity index (χ1v) is 9.21. The lowest BCUT2D eigenvalue weighted by Crippen LogP contribution is -2.41. The van der Waals surface area contributed by atoms with E-state index in [2.05, 4.69) is 26.0 Å². The summed E-state index contributed by atoms with van der Waals surface area (Å²) in [5, 5.41) is 2.72. The number of rotatable bonds is 5. The molecule has 2 N–H and O–H groups in total. The summed E-state index contributed by atoms with van der Waals surface area (Å²) in [5.41, 5.74) is 1.57. The highest BCUT2D eigenvalue weighted by atomic mass is 79.9. The van der Waals surface area contributed by atoms with Crippen molar-refractivity contribution in [2.75, 3.05) is 5.32 Å². The van der Waals surface area contributed by atoms with Crippen molar-refractivity contribution in [1.82, 2.24) is 4.72 Å². The smallest absolute Gasteiger partial charge is 0.242 e. The summed E-state index contributed by atoms with van der Waals surface area (Å²) in [6.45, 7) is 3.37. The zero-order valence-corrected chi connectivity index (χ0v) is 15.1. The van der Waals surface area contributed by atoms with Gasteiger partial charge in [-0.05, 0) is 49.7 Å². The van der Waals surface area contributed by atoms with E-state index in [4.69, 9.17) is 0 Å². The molecule has 2 aromatic carbocycles. The topological polar surface area (TPSA) is 75.3 Å². The molecule has 1 atom stereocenters. The molecule has 0 saturated heterocycles. The van der Waals surface area contributed by atoms with Crippen molar-refractivity contribution in [3.05, 3.63) is 58.6 Å². The van der Waals surface area contributed by atoms with Gasteiger partial charge in [0.05, 0.1) is 10.9 Å². The van der Waals surface area contributed by atoms with Gasteiger partial charge in [-0.25, -0.2) is 8.42 Å². The second-order valence-corrected chi connectivity index (χ2v) is 7.73. The van der Waals surface area contributed by atoms with Crippen LogP contribution in [0.3, 0.4) is 0 Å². The SMILES string of the molecule is Cc1ccccc1NC(=O)[C@@H](C)NS(=O)(=O)c1ccc(Br)cc1. The maximum Gasteiger partial charge on any atom is 0.242 e. The lowest BCUT2D eigenvalue weighted by Gasteiger charge is -2.15. The third-order valence-electron chi connectivity index (χ3n) is 3.25. The van der Waals surface area contributed by atoms with Crippen LogP contribution in [-0.2, 0) is 14.8 Å². The minimum absolute atomic E-state index is 0.108. The maximum atomic E-state index is 12.3. The number of carbonyl (C=O) groups is 1. The van der Waals surface area contributed by atoms with E-state index in [-0.39, 0.29) is 4.90 Å². The number of nitrogens with one attached hydrogen (secondary N) is 2. The average Bonchev–Trinajstić information content (AvgIpc) is 2.49. The van der Waals surface area contributed by atoms with Crippen molar-refractivity contribution >= 4 is 37.5 Å². The molecule has 0 radical (unpaired) electrons. The summed E-state index contributed by atoms with van der Waals surface area (Å²) in [4.78, 5) is 12.3. The van der Waals surface area contributed by atoms with Crippen molar-refractivity contribution in [2.24, 2.45) is 0 Å². The molecule has 0 spiro atoms. The van der Waals surface area contributed by atoms with E-state index < -0.39 is 22.0 Å². The zero-order valence-electron chi connectivity index (χ0n) is 12.7. The fourth-order valence-electron chi connectivity index (χ4n) is 1.92. The van der Waals surface area contributed by atoms with Crippen LogP contribution in [0.1, 0.15) is 12.5 Å². The Labute approximate surface area is 144 Å². The molecule has 0 saturated carbocycles. The van der Waals surface area contributed by atoms with E-state index in [0.717, 1.165) is 10.0 Å². The maximum absolute atomic E-state index is 12.3. The number of benzene rings is 2. The molecule has 0 aliphatic heterocycles. The van der Waals surface area contributed by atoms with E-state index in [1.54, 1.807) is 24.3 Å². The molecule has 7 heteroatoms. The number of para-hydroxylation sites is 1. The highest BCUT2D eigenvalue weighted by Crippen LogP contribution is 2.16. The van der Waals surface area contributed by atoms with Crippen LogP contribution in [0.4, 0.5) is 5.69 Å². The minimum atomic E-state index is -3.76. The molecule has 0 aromatic heterocycles. The predicted molar refractivity (Wildman–Crippen MR) is 93.7 cm³/mol. The average molecular weight is 397 g/mol. The quantitative estimate of drug-likeness (QED) is 0.815. The summed E-state index contributed by atoms with van der Waals surface area (Å²) in [6.07, 6.45) is 0. The molecular formula is C16H17BrN2O3S.